The highest BCUT2D eigenvalue weighted by Crippen LogP contribution is 2.20. The second-order valence-electron chi connectivity index (χ2n) is 7.59. The van der Waals surface area contributed by atoms with Gasteiger partial charge in [0.1, 0.15) is 12.7 Å². The molecule has 3 aromatic rings. The molecule has 0 aliphatic rings. The molecule has 0 aliphatic carbocycles. The molecule has 8 heteroatoms. The van der Waals surface area contributed by atoms with Crippen LogP contribution in [0.2, 0.25) is 0 Å². The maximum Gasteiger partial charge on any atom is 0.338 e. The zero-order chi connectivity index (χ0) is 21.2. The summed E-state index contributed by atoms with van der Waals surface area (Å²) in [4.78, 5) is 12.4. The number of sulfonamides is 1. The first-order valence-corrected chi connectivity index (χ1v) is 10.4. The van der Waals surface area contributed by atoms with Crippen LogP contribution in [0.1, 0.15) is 42.3 Å². The van der Waals surface area contributed by atoms with E-state index >= 15 is 0 Å². The predicted molar refractivity (Wildman–Crippen MR) is 108 cm³/mol. The van der Waals surface area contributed by atoms with E-state index in [1.165, 1.54) is 24.3 Å². The van der Waals surface area contributed by atoms with Crippen molar-refractivity contribution in [2.24, 2.45) is 0 Å². The number of hydrogen-bond acceptors (Lipinski definition) is 5. The van der Waals surface area contributed by atoms with Gasteiger partial charge in [0.25, 0.3) is 0 Å². The summed E-state index contributed by atoms with van der Waals surface area (Å²) in [5.41, 5.74) is 1.40. The Hall–Kier alpha value is -3.15. The van der Waals surface area contributed by atoms with Crippen LogP contribution in [-0.4, -0.2) is 24.3 Å². The number of hydrogen-bond donors (Lipinski definition) is 1. The molecule has 3 rings (SSSR count). The number of nitrogens with zero attached hydrogens (tertiary/aromatic N) is 2. The minimum Gasteiger partial charge on any atom is -0.457 e. The number of benzene rings is 1. The first-order chi connectivity index (χ1) is 13.6. The van der Waals surface area contributed by atoms with Gasteiger partial charge in [-0.15, -0.1) is 0 Å². The van der Waals surface area contributed by atoms with Crippen molar-refractivity contribution < 1.29 is 17.9 Å². The highest BCUT2D eigenvalue weighted by atomic mass is 32.2. The van der Waals surface area contributed by atoms with E-state index in [4.69, 9.17) is 4.74 Å². The highest BCUT2D eigenvalue weighted by molar-refractivity contribution is 7.89. The van der Waals surface area contributed by atoms with E-state index in [1.54, 1.807) is 31.4 Å². The van der Waals surface area contributed by atoms with Crippen LogP contribution in [0, 0.1) is 11.3 Å². The van der Waals surface area contributed by atoms with E-state index in [1.807, 2.05) is 24.4 Å². The van der Waals surface area contributed by atoms with Crippen LogP contribution in [0.4, 0.5) is 0 Å². The maximum atomic E-state index is 12.3. The van der Waals surface area contributed by atoms with E-state index < -0.39 is 21.5 Å². The number of nitrogens with one attached hydrogen (secondary N) is 1. The molecule has 0 fully saturated rings. The van der Waals surface area contributed by atoms with Gasteiger partial charge in [0.15, 0.2) is 0 Å². The third-order valence-electron chi connectivity index (χ3n) is 4.07. The van der Waals surface area contributed by atoms with E-state index in [9.17, 15) is 18.5 Å². The summed E-state index contributed by atoms with van der Waals surface area (Å²) in [6, 6.07) is 13.1. The SMILES string of the molecule is CC(C)(C)NS(=O)(=O)c1ccc(C(=O)OCc2cn3ccccc3c2C#N)cc1. The number of rotatable bonds is 5. The molecule has 0 bridgehead atoms. The molecular formula is C21H21N3O4S. The van der Waals surface area contributed by atoms with Gasteiger partial charge in [-0.05, 0) is 57.2 Å². The van der Waals surface area contributed by atoms with Gasteiger partial charge in [-0.3, -0.25) is 0 Å². The molecule has 2 aromatic heterocycles. The van der Waals surface area contributed by atoms with Crippen molar-refractivity contribution in [2.45, 2.75) is 37.8 Å². The molecule has 0 saturated carbocycles. The zero-order valence-corrected chi connectivity index (χ0v) is 17.2. The monoisotopic (exact) mass is 411 g/mol. The summed E-state index contributed by atoms with van der Waals surface area (Å²) >= 11 is 0. The fraction of sp³-hybridized carbons (Fsp3) is 0.238. The molecular weight excluding hydrogens is 390 g/mol. The van der Waals surface area contributed by atoms with Crippen LogP contribution < -0.4 is 4.72 Å². The number of esters is 1. The van der Waals surface area contributed by atoms with Crippen LogP contribution in [0.5, 0.6) is 0 Å². The lowest BCUT2D eigenvalue weighted by molar-refractivity contribution is 0.0472. The molecule has 29 heavy (non-hydrogen) atoms. The average Bonchev–Trinajstić information content (AvgIpc) is 3.01. The first kappa shape index (κ1) is 20.6. The van der Waals surface area contributed by atoms with Crippen LogP contribution in [0.3, 0.4) is 0 Å². The van der Waals surface area contributed by atoms with Gasteiger partial charge in [0.05, 0.1) is 21.5 Å². The second kappa shape index (κ2) is 7.70. The molecule has 0 atom stereocenters. The zero-order valence-electron chi connectivity index (χ0n) is 16.3. The molecule has 1 aromatic carbocycles. The Labute approximate surface area is 169 Å². The smallest absolute Gasteiger partial charge is 0.338 e. The van der Waals surface area contributed by atoms with E-state index in [2.05, 4.69) is 10.8 Å². The summed E-state index contributed by atoms with van der Waals surface area (Å²) in [5.74, 6) is -0.600. The van der Waals surface area contributed by atoms with Crippen LogP contribution in [-0.2, 0) is 21.4 Å². The fourth-order valence-electron chi connectivity index (χ4n) is 2.87. The lowest BCUT2D eigenvalue weighted by Crippen LogP contribution is -2.40. The highest BCUT2D eigenvalue weighted by Gasteiger charge is 2.22. The number of pyridine rings is 1. The largest absolute Gasteiger partial charge is 0.457 e. The molecule has 0 spiro atoms. The van der Waals surface area contributed by atoms with Crippen molar-refractivity contribution in [1.82, 2.24) is 9.12 Å². The Kier molecular flexibility index (Phi) is 5.46. The van der Waals surface area contributed by atoms with Crippen molar-refractivity contribution in [3.8, 4) is 6.07 Å². The van der Waals surface area contributed by atoms with Crippen molar-refractivity contribution in [3.05, 3.63) is 71.5 Å². The molecule has 0 amide bonds. The van der Waals surface area contributed by atoms with Gasteiger partial charge in [-0.2, -0.15) is 5.26 Å². The number of carbonyl (C=O) groups is 1. The topological polar surface area (TPSA) is 101 Å². The molecule has 2 heterocycles. The fourth-order valence-corrected chi connectivity index (χ4v) is 4.29. The van der Waals surface area contributed by atoms with Gasteiger partial charge in [-0.1, -0.05) is 6.07 Å². The van der Waals surface area contributed by atoms with Crippen LogP contribution in [0.15, 0.2) is 59.8 Å². The van der Waals surface area contributed by atoms with E-state index in [0.29, 0.717) is 11.1 Å². The van der Waals surface area contributed by atoms with Crippen LogP contribution >= 0.6 is 0 Å². The summed E-state index contributed by atoms with van der Waals surface area (Å²) in [6.45, 7) is 5.18. The van der Waals surface area contributed by atoms with Crippen molar-refractivity contribution in [1.29, 1.82) is 5.26 Å². The Morgan fingerprint density at radius 2 is 1.86 bits per heavy atom. The third-order valence-corrected chi connectivity index (χ3v) is 5.85. The normalized spacial score (nSPS) is 11.9. The summed E-state index contributed by atoms with van der Waals surface area (Å²) in [7, 11) is -3.68. The molecule has 0 saturated heterocycles. The Morgan fingerprint density at radius 3 is 2.48 bits per heavy atom. The van der Waals surface area contributed by atoms with Gasteiger partial charge in [0.2, 0.25) is 10.0 Å². The molecule has 0 radical (unpaired) electrons. The third kappa shape index (κ3) is 4.65. The Balaban J connectivity index is 1.73. The number of ether oxygens (including phenoxy) is 1. The van der Waals surface area contributed by atoms with E-state index in [-0.39, 0.29) is 17.1 Å². The molecule has 0 unspecified atom stereocenters. The Morgan fingerprint density at radius 1 is 1.17 bits per heavy atom. The predicted octanol–water partition coefficient (Wildman–Crippen LogP) is 3.24. The summed E-state index contributed by atoms with van der Waals surface area (Å²) < 4.78 is 34.3. The number of fused-ring (bicyclic) bond motifs is 1. The number of aromatic nitrogens is 1. The number of carbonyl (C=O) groups excluding carboxylic acids is 1. The minimum atomic E-state index is -3.68. The molecule has 0 aliphatic heterocycles. The summed E-state index contributed by atoms with van der Waals surface area (Å²) in [6.07, 6.45) is 3.56. The van der Waals surface area contributed by atoms with Gasteiger partial charge in [0, 0.05) is 23.5 Å². The van der Waals surface area contributed by atoms with Gasteiger partial charge >= 0.3 is 5.97 Å². The number of nitriles is 1. The van der Waals surface area contributed by atoms with Gasteiger partial charge in [-0.25, -0.2) is 17.9 Å². The molecule has 150 valence electrons. The van der Waals surface area contributed by atoms with Crippen molar-refractivity contribution >= 4 is 21.5 Å². The standard InChI is InChI=1S/C21H21N3O4S/c1-21(2,3)23-29(26,27)17-9-7-15(8-10-17)20(25)28-14-16-13-24-11-5-4-6-19(24)18(16)12-22/h4-11,13,23H,14H2,1-3H3. The first-order valence-electron chi connectivity index (χ1n) is 8.90. The summed E-state index contributed by atoms with van der Waals surface area (Å²) in [5, 5.41) is 9.41. The quantitative estimate of drug-likeness (QED) is 0.650. The van der Waals surface area contributed by atoms with Gasteiger partial charge < -0.3 is 9.14 Å². The van der Waals surface area contributed by atoms with E-state index in [0.717, 1.165) is 5.52 Å². The van der Waals surface area contributed by atoms with Crippen LogP contribution in [0.25, 0.3) is 5.52 Å². The molecule has 7 nitrogen and oxygen atoms in total. The second-order valence-corrected chi connectivity index (χ2v) is 9.27. The Bertz CT molecular complexity index is 1200. The lowest BCUT2D eigenvalue weighted by atomic mass is 10.1. The molecule has 1 N–H and O–H groups in total. The maximum absolute atomic E-state index is 12.3. The minimum absolute atomic E-state index is 0.0605. The average molecular weight is 411 g/mol. The lowest BCUT2D eigenvalue weighted by Gasteiger charge is -2.20. The van der Waals surface area contributed by atoms with Crippen molar-refractivity contribution in [2.75, 3.05) is 0 Å². The van der Waals surface area contributed by atoms with Crippen molar-refractivity contribution in [3.63, 3.8) is 0 Å².